The van der Waals surface area contributed by atoms with E-state index in [0.717, 1.165) is 11.4 Å². The van der Waals surface area contributed by atoms with Gasteiger partial charge in [-0.1, -0.05) is 23.2 Å². The number of aromatic nitrogens is 2. The highest BCUT2D eigenvalue weighted by atomic mass is 35.5. The molecule has 0 spiro atoms. The number of rotatable bonds is 3. The van der Waals surface area contributed by atoms with E-state index in [2.05, 4.69) is 15.3 Å². The number of ether oxygens (including phenoxy) is 1. The molecule has 1 aromatic heterocycles. The SMILES string of the molecule is CNc1nc(C)nc(Oc2cc(Cl)cc(Cl)c2)c1C. The van der Waals surface area contributed by atoms with Crippen molar-refractivity contribution in [1.82, 2.24) is 9.97 Å². The lowest BCUT2D eigenvalue weighted by Gasteiger charge is -2.12. The Morgan fingerprint density at radius 3 is 2.26 bits per heavy atom. The van der Waals surface area contributed by atoms with Crippen molar-refractivity contribution in [2.24, 2.45) is 0 Å². The predicted octanol–water partition coefficient (Wildman–Crippen LogP) is 4.23. The van der Waals surface area contributed by atoms with Crippen LogP contribution < -0.4 is 10.1 Å². The third-order valence-corrected chi connectivity index (χ3v) is 2.94. The van der Waals surface area contributed by atoms with Gasteiger partial charge in [0, 0.05) is 17.1 Å². The van der Waals surface area contributed by atoms with Crippen LogP contribution in [0, 0.1) is 13.8 Å². The maximum Gasteiger partial charge on any atom is 0.227 e. The fourth-order valence-electron chi connectivity index (χ4n) is 1.64. The van der Waals surface area contributed by atoms with Crippen molar-refractivity contribution in [2.75, 3.05) is 12.4 Å². The molecular formula is C13H13Cl2N3O. The van der Waals surface area contributed by atoms with E-state index in [4.69, 9.17) is 27.9 Å². The summed E-state index contributed by atoms with van der Waals surface area (Å²) >= 11 is 11.9. The number of anilines is 1. The summed E-state index contributed by atoms with van der Waals surface area (Å²) in [6.07, 6.45) is 0. The van der Waals surface area contributed by atoms with Gasteiger partial charge in [-0.15, -0.1) is 0 Å². The van der Waals surface area contributed by atoms with E-state index in [1.807, 2.05) is 6.92 Å². The Bertz CT molecular complexity index is 597. The van der Waals surface area contributed by atoms with Gasteiger partial charge in [-0.2, -0.15) is 4.98 Å². The van der Waals surface area contributed by atoms with Gasteiger partial charge in [0.25, 0.3) is 0 Å². The molecule has 0 aliphatic rings. The molecule has 19 heavy (non-hydrogen) atoms. The zero-order chi connectivity index (χ0) is 14.0. The molecule has 1 aromatic carbocycles. The maximum absolute atomic E-state index is 5.94. The average Bonchev–Trinajstić information content (AvgIpc) is 2.32. The zero-order valence-corrected chi connectivity index (χ0v) is 12.3. The van der Waals surface area contributed by atoms with Gasteiger partial charge in [0.1, 0.15) is 17.4 Å². The number of hydrogen-bond donors (Lipinski definition) is 1. The highest BCUT2D eigenvalue weighted by molar-refractivity contribution is 6.34. The molecule has 1 heterocycles. The molecule has 0 fully saturated rings. The Morgan fingerprint density at radius 1 is 1.05 bits per heavy atom. The number of benzene rings is 1. The quantitative estimate of drug-likeness (QED) is 0.921. The predicted molar refractivity (Wildman–Crippen MR) is 77.6 cm³/mol. The second-order valence-corrected chi connectivity index (χ2v) is 4.88. The summed E-state index contributed by atoms with van der Waals surface area (Å²) in [5.41, 5.74) is 0.823. The molecule has 0 saturated carbocycles. The lowest BCUT2D eigenvalue weighted by Crippen LogP contribution is -2.02. The third-order valence-electron chi connectivity index (χ3n) is 2.50. The standard InChI is InChI=1S/C13H13Cl2N3O/c1-7-12(16-3)17-8(2)18-13(7)19-11-5-9(14)4-10(15)6-11/h4-6H,1-3H3,(H,16,17,18). The highest BCUT2D eigenvalue weighted by Crippen LogP contribution is 2.30. The molecule has 0 bridgehead atoms. The lowest BCUT2D eigenvalue weighted by atomic mass is 10.3. The van der Waals surface area contributed by atoms with Crippen molar-refractivity contribution >= 4 is 29.0 Å². The first-order valence-corrected chi connectivity index (χ1v) is 6.42. The largest absolute Gasteiger partial charge is 0.438 e. The smallest absolute Gasteiger partial charge is 0.227 e. The van der Waals surface area contributed by atoms with E-state index in [1.165, 1.54) is 0 Å². The van der Waals surface area contributed by atoms with Crippen molar-refractivity contribution in [3.8, 4) is 11.6 Å². The second kappa shape index (κ2) is 5.63. The molecular weight excluding hydrogens is 285 g/mol. The lowest BCUT2D eigenvalue weighted by molar-refractivity contribution is 0.456. The monoisotopic (exact) mass is 297 g/mol. The van der Waals surface area contributed by atoms with Gasteiger partial charge in [-0.25, -0.2) is 4.98 Å². The third kappa shape index (κ3) is 3.28. The van der Waals surface area contributed by atoms with Crippen LogP contribution in [0.15, 0.2) is 18.2 Å². The van der Waals surface area contributed by atoms with Crippen LogP contribution in [0.5, 0.6) is 11.6 Å². The molecule has 0 radical (unpaired) electrons. The van der Waals surface area contributed by atoms with Crippen LogP contribution >= 0.6 is 23.2 Å². The van der Waals surface area contributed by atoms with E-state index in [1.54, 1.807) is 32.2 Å². The van der Waals surface area contributed by atoms with E-state index in [-0.39, 0.29) is 0 Å². The molecule has 0 atom stereocenters. The minimum absolute atomic E-state index is 0.482. The van der Waals surface area contributed by atoms with E-state index >= 15 is 0 Å². The Balaban J connectivity index is 2.40. The fraction of sp³-hybridized carbons (Fsp3) is 0.231. The van der Waals surface area contributed by atoms with Crippen LogP contribution in [-0.2, 0) is 0 Å². The summed E-state index contributed by atoms with van der Waals surface area (Å²) in [4.78, 5) is 8.55. The van der Waals surface area contributed by atoms with Gasteiger partial charge >= 0.3 is 0 Å². The van der Waals surface area contributed by atoms with Gasteiger partial charge in [-0.3, -0.25) is 0 Å². The first-order chi connectivity index (χ1) is 8.99. The van der Waals surface area contributed by atoms with E-state index < -0.39 is 0 Å². The zero-order valence-electron chi connectivity index (χ0n) is 10.8. The van der Waals surface area contributed by atoms with Crippen molar-refractivity contribution in [3.63, 3.8) is 0 Å². The minimum Gasteiger partial charge on any atom is -0.438 e. The second-order valence-electron chi connectivity index (χ2n) is 4.01. The molecule has 2 rings (SSSR count). The van der Waals surface area contributed by atoms with Crippen LogP contribution in [0.4, 0.5) is 5.82 Å². The molecule has 6 heteroatoms. The summed E-state index contributed by atoms with van der Waals surface area (Å²) in [5, 5.41) is 4.03. The maximum atomic E-state index is 5.94. The molecule has 0 aliphatic carbocycles. The van der Waals surface area contributed by atoms with Crippen molar-refractivity contribution < 1.29 is 4.74 Å². The van der Waals surface area contributed by atoms with Gasteiger partial charge in [0.05, 0.1) is 5.56 Å². The van der Waals surface area contributed by atoms with Gasteiger partial charge in [0.2, 0.25) is 5.88 Å². The van der Waals surface area contributed by atoms with Crippen molar-refractivity contribution in [1.29, 1.82) is 0 Å². The summed E-state index contributed by atoms with van der Waals surface area (Å²) < 4.78 is 5.73. The number of nitrogens with one attached hydrogen (secondary N) is 1. The fourth-order valence-corrected chi connectivity index (χ4v) is 2.15. The first-order valence-electron chi connectivity index (χ1n) is 5.66. The molecule has 4 nitrogen and oxygen atoms in total. The first kappa shape index (κ1) is 13.9. The van der Waals surface area contributed by atoms with Gasteiger partial charge < -0.3 is 10.1 Å². The van der Waals surface area contributed by atoms with Gasteiger partial charge in [0.15, 0.2) is 0 Å². The molecule has 0 saturated heterocycles. The van der Waals surface area contributed by atoms with Crippen LogP contribution in [0.3, 0.4) is 0 Å². The molecule has 2 aromatic rings. The van der Waals surface area contributed by atoms with Crippen LogP contribution in [0.2, 0.25) is 10.0 Å². The Labute approximate surface area is 121 Å². The molecule has 0 unspecified atom stereocenters. The molecule has 0 amide bonds. The average molecular weight is 298 g/mol. The van der Waals surface area contributed by atoms with Crippen LogP contribution in [-0.4, -0.2) is 17.0 Å². The Kier molecular flexibility index (Phi) is 4.12. The Morgan fingerprint density at radius 2 is 1.68 bits per heavy atom. The van der Waals surface area contributed by atoms with E-state index in [9.17, 15) is 0 Å². The summed E-state index contributed by atoms with van der Waals surface area (Å²) in [6.45, 7) is 3.69. The number of hydrogen-bond acceptors (Lipinski definition) is 4. The van der Waals surface area contributed by atoms with E-state index in [0.29, 0.717) is 27.5 Å². The molecule has 0 aliphatic heterocycles. The summed E-state index contributed by atoms with van der Waals surface area (Å²) in [6, 6.07) is 5.01. The normalized spacial score (nSPS) is 10.4. The van der Waals surface area contributed by atoms with Crippen LogP contribution in [0.1, 0.15) is 11.4 Å². The molecule has 100 valence electrons. The summed E-state index contributed by atoms with van der Waals surface area (Å²) in [7, 11) is 1.80. The van der Waals surface area contributed by atoms with Crippen molar-refractivity contribution in [3.05, 3.63) is 39.6 Å². The number of aryl methyl sites for hydroxylation is 1. The summed E-state index contributed by atoms with van der Waals surface area (Å²) in [5.74, 6) is 2.38. The van der Waals surface area contributed by atoms with Crippen LogP contribution in [0.25, 0.3) is 0 Å². The Hall–Kier alpha value is -1.52. The van der Waals surface area contributed by atoms with Gasteiger partial charge in [-0.05, 0) is 32.0 Å². The highest BCUT2D eigenvalue weighted by Gasteiger charge is 2.11. The number of nitrogens with zero attached hydrogens (tertiary/aromatic N) is 2. The molecule has 1 N–H and O–H groups in total. The number of halogens is 2. The topological polar surface area (TPSA) is 47.0 Å². The van der Waals surface area contributed by atoms with Crippen molar-refractivity contribution in [2.45, 2.75) is 13.8 Å². The minimum atomic E-state index is 0.482.